The van der Waals surface area contributed by atoms with E-state index in [0.29, 0.717) is 0 Å². The Morgan fingerprint density at radius 1 is 1.85 bits per heavy atom. The summed E-state index contributed by atoms with van der Waals surface area (Å²) in [6.45, 7) is 3.81. The standard InChI is InChI=1S/C8H11N5/c1-3-7-12-6(2)4-13(7)8(10)11-5-9/h4H,3H2,1-2H3,(H2,10,11). The maximum atomic E-state index is 8.33. The fourth-order valence-electron chi connectivity index (χ4n) is 1.10. The Kier molecular flexibility index (Phi) is 2.65. The van der Waals surface area contributed by atoms with E-state index in [1.807, 2.05) is 13.8 Å². The van der Waals surface area contributed by atoms with Crippen LogP contribution in [0.2, 0.25) is 0 Å². The first kappa shape index (κ1) is 9.26. The van der Waals surface area contributed by atoms with E-state index in [-0.39, 0.29) is 5.96 Å². The van der Waals surface area contributed by atoms with Gasteiger partial charge < -0.3 is 0 Å². The minimum Gasteiger partial charge on any atom is -0.273 e. The Balaban J connectivity index is 2.99. The van der Waals surface area contributed by atoms with Crippen molar-refractivity contribution >= 4 is 5.96 Å². The van der Waals surface area contributed by atoms with Crippen LogP contribution < -0.4 is 5.32 Å². The second kappa shape index (κ2) is 3.72. The van der Waals surface area contributed by atoms with Crippen LogP contribution in [0.3, 0.4) is 0 Å². The summed E-state index contributed by atoms with van der Waals surface area (Å²) >= 11 is 0. The van der Waals surface area contributed by atoms with Crippen LogP contribution in [0.5, 0.6) is 0 Å². The van der Waals surface area contributed by atoms with E-state index in [9.17, 15) is 0 Å². The van der Waals surface area contributed by atoms with Gasteiger partial charge in [0.1, 0.15) is 5.82 Å². The smallest absolute Gasteiger partial charge is 0.214 e. The lowest BCUT2D eigenvalue weighted by atomic mass is 10.4. The number of nitriles is 1. The molecule has 68 valence electrons. The molecule has 1 rings (SSSR count). The molecule has 5 nitrogen and oxygen atoms in total. The highest BCUT2D eigenvalue weighted by Crippen LogP contribution is 2.01. The molecule has 0 atom stereocenters. The molecule has 1 heterocycles. The zero-order valence-electron chi connectivity index (χ0n) is 7.63. The van der Waals surface area contributed by atoms with Gasteiger partial charge in [0.05, 0.1) is 5.69 Å². The molecule has 0 amide bonds. The van der Waals surface area contributed by atoms with E-state index in [1.165, 1.54) is 0 Å². The Labute approximate surface area is 76.5 Å². The molecule has 0 aliphatic carbocycles. The van der Waals surface area contributed by atoms with Gasteiger partial charge in [0.25, 0.3) is 0 Å². The molecule has 0 fully saturated rings. The molecular formula is C8H11N5. The summed E-state index contributed by atoms with van der Waals surface area (Å²) in [5, 5.41) is 18.1. The van der Waals surface area contributed by atoms with Crippen LogP contribution in [-0.4, -0.2) is 15.5 Å². The Morgan fingerprint density at radius 3 is 3.08 bits per heavy atom. The molecule has 5 heteroatoms. The highest BCUT2D eigenvalue weighted by molar-refractivity contribution is 5.81. The number of hydrogen-bond acceptors (Lipinski definition) is 3. The summed E-state index contributed by atoms with van der Waals surface area (Å²) in [6.07, 6.45) is 4.17. The first-order valence-electron chi connectivity index (χ1n) is 3.98. The topological polar surface area (TPSA) is 77.5 Å². The van der Waals surface area contributed by atoms with E-state index >= 15 is 0 Å². The van der Waals surface area contributed by atoms with Crippen molar-refractivity contribution < 1.29 is 0 Å². The van der Waals surface area contributed by atoms with Crippen LogP contribution in [0.1, 0.15) is 18.4 Å². The molecule has 1 aromatic heterocycles. The number of nitrogens with one attached hydrogen (secondary N) is 2. The third-order valence-electron chi connectivity index (χ3n) is 1.63. The fourth-order valence-corrected chi connectivity index (χ4v) is 1.10. The summed E-state index contributed by atoms with van der Waals surface area (Å²) < 4.78 is 1.57. The maximum Gasteiger partial charge on any atom is 0.214 e. The van der Waals surface area contributed by atoms with Crippen LogP contribution >= 0.6 is 0 Å². The second-order valence-electron chi connectivity index (χ2n) is 2.61. The van der Waals surface area contributed by atoms with Gasteiger partial charge in [0.15, 0.2) is 6.19 Å². The molecule has 0 aromatic carbocycles. The predicted molar refractivity (Wildman–Crippen MR) is 48.2 cm³/mol. The van der Waals surface area contributed by atoms with Crippen molar-refractivity contribution in [3.63, 3.8) is 0 Å². The Morgan fingerprint density at radius 2 is 2.54 bits per heavy atom. The van der Waals surface area contributed by atoms with Gasteiger partial charge in [-0.25, -0.2) is 4.98 Å². The summed E-state index contributed by atoms with van der Waals surface area (Å²) in [5.41, 5.74) is 0.848. The summed E-state index contributed by atoms with van der Waals surface area (Å²) in [5.74, 6) is 0.824. The van der Waals surface area contributed by atoms with Crippen LogP contribution in [0.25, 0.3) is 0 Å². The molecule has 0 radical (unpaired) electrons. The molecule has 0 spiro atoms. The molecule has 0 aliphatic heterocycles. The van der Waals surface area contributed by atoms with E-state index < -0.39 is 0 Å². The van der Waals surface area contributed by atoms with Gasteiger partial charge >= 0.3 is 0 Å². The largest absolute Gasteiger partial charge is 0.273 e. The third-order valence-corrected chi connectivity index (χ3v) is 1.63. The average molecular weight is 177 g/mol. The maximum absolute atomic E-state index is 8.33. The second-order valence-corrected chi connectivity index (χ2v) is 2.61. The predicted octanol–water partition coefficient (Wildman–Crippen LogP) is 0.607. The van der Waals surface area contributed by atoms with Gasteiger partial charge in [-0.2, -0.15) is 5.26 Å². The summed E-state index contributed by atoms with van der Waals surface area (Å²) in [6, 6.07) is 0. The average Bonchev–Trinajstić information content (AvgIpc) is 2.47. The van der Waals surface area contributed by atoms with Crippen LogP contribution in [0.4, 0.5) is 0 Å². The normalized spacial score (nSPS) is 9.31. The highest BCUT2D eigenvalue weighted by Gasteiger charge is 2.06. The van der Waals surface area contributed by atoms with Crippen molar-refractivity contribution in [1.82, 2.24) is 14.9 Å². The van der Waals surface area contributed by atoms with Crippen molar-refractivity contribution in [1.29, 1.82) is 10.7 Å². The first-order chi connectivity index (χ1) is 6.19. The van der Waals surface area contributed by atoms with Crippen molar-refractivity contribution in [3.8, 4) is 6.19 Å². The van der Waals surface area contributed by atoms with E-state index in [4.69, 9.17) is 10.7 Å². The molecule has 0 bridgehead atoms. The Hall–Kier alpha value is -1.83. The van der Waals surface area contributed by atoms with Crippen LogP contribution in [0.15, 0.2) is 6.20 Å². The molecule has 0 unspecified atom stereocenters. The van der Waals surface area contributed by atoms with Crippen LogP contribution in [0, 0.1) is 23.8 Å². The quantitative estimate of drug-likeness (QED) is 0.285. The van der Waals surface area contributed by atoms with Gasteiger partial charge in [0, 0.05) is 12.6 Å². The monoisotopic (exact) mass is 177 g/mol. The minimum absolute atomic E-state index is 0.0416. The summed E-state index contributed by atoms with van der Waals surface area (Å²) in [4.78, 5) is 4.21. The van der Waals surface area contributed by atoms with Crippen molar-refractivity contribution in [2.75, 3.05) is 0 Å². The number of aryl methyl sites for hydroxylation is 2. The van der Waals surface area contributed by atoms with Gasteiger partial charge in [-0.05, 0) is 6.92 Å². The van der Waals surface area contributed by atoms with E-state index in [1.54, 1.807) is 17.0 Å². The number of aromatic nitrogens is 2. The zero-order valence-corrected chi connectivity index (χ0v) is 7.63. The van der Waals surface area contributed by atoms with Crippen molar-refractivity contribution in [2.45, 2.75) is 20.3 Å². The third kappa shape index (κ3) is 1.85. The highest BCUT2D eigenvalue weighted by atomic mass is 15.2. The lowest BCUT2D eigenvalue weighted by Gasteiger charge is -2.03. The zero-order chi connectivity index (χ0) is 9.84. The van der Waals surface area contributed by atoms with Gasteiger partial charge in [-0.1, -0.05) is 6.92 Å². The van der Waals surface area contributed by atoms with Crippen molar-refractivity contribution in [3.05, 3.63) is 17.7 Å². The van der Waals surface area contributed by atoms with Gasteiger partial charge in [-0.15, -0.1) is 0 Å². The lowest BCUT2D eigenvalue weighted by Crippen LogP contribution is -2.25. The lowest BCUT2D eigenvalue weighted by molar-refractivity contribution is 0.892. The molecule has 13 heavy (non-hydrogen) atoms. The number of hydrogen-bond donors (Lipinski definition) is 2. The van der Waals surface area contributed by atoms with E-state index in [0.717, 1.165) is 17.9 Å². The molecule has 1 aromatic rings. The minimum atomic E-state index is 0.0416. The van der Waals surface area contributed by atoms with Crippen LogP contribution in [-0.2, 0) is 6.42 Å². The molecule has 0 saturated heterocycles. The molecular weight excluding hydrogens is 166 g/mol. The molecule has 0 aliphatic rings. The number of imidazole rings is 1. The summed E-state index contributed by atoms with van der Waals surface area (Å²) in [7, 11) is 0. The number of rotatable bonds is 1. The first-order valence-corrected chi connectivity index (χ1v) is 3.98. The molecule has 0 saturated carbocycles. The van der Waals surface area contributed by atoms with Gasteiger partial charge in [0.2, 0.25) is 5.96 Å². The molecule has 2 N–H and O–H groups in total. The number of nitrogens with zero attached hydrogens (tertiary/aromatic N) is 3. The van der Waals surface area contributed by atoms with E-state index in [2.05, 4.69) is 10.3 Å². The van der Waals surface area contributed by atoms with Crippen molar-refractivity contribution in [2.24, 2.45) is 0 Å². The SMILES string of the molecule is CCc1nc(C)cn1C(=N)NC#N. The fraction of sp³-hybridized carbons (Fsp3) is 0.375. The van der Waals surface area contributed by atoms with Gasteiger partial charge in [-0.3, -0.25) is 15.3 Å². The Bertz CT molecular complexity index is 357.